The van der Waals surface area contributed by atoms with Crippen LogP contribution in [0.25, 0.3) is 5.78 Å². The van der Waals surface area contributed by atoms with Gasteiger partial charge in [-0.05, 0) is 45.5 Å². The van der Waals surface area contributed by atoms with Crippen molar-refractivity contribution < 1.29 is 13.2 Å². The maximum absolute atomic E-state index is 12.5. The second kappa shape index (κ2) is 7.05. The van der Waals surface area contributed by atoms with Crippen molar-refractivity contribution in [3.05, 3.63) is 47.0 Å². The molecule has 0 fully saturated rings. The van der Waals surface area contributed by atoms with E-state index in [2.05, 4.69) is 25.1 Å². The molecule has 0 aliphatic rings. The summed E-state index contributed by atoms with van der Waals surface area (Å²) in [5, 5.41) is 6.85. The molecule has 0 aliphatic carbocycles. The topological polar surface area (TPSA) is 118 Å². The highest BCUT2D eigenvalue weighted by Crippen LogP contribution is 2.21. The van der Waals surface area contributed by atoms with Crippen LogP contribution in [0.5, 0.6) is 0 Å². The van der Waals surface area contributed by atoms with Crippen molar-refractivity contribution in [2.75, 3.05) is 12.4 Å². The van der Waals surface area contributed by atoms with Gasteiger partial charge in [-0.2, -0.15) is 10.1 Å². The average Bonchev–Trinajstić information content (AvgIpc) is 3.08. The van der Waals surface area contributed by atoms with E-state index in [1.54, 1.807) is 23.6 Å². The van der Waals surface area contributed by atoms with Crippen molar-refractivity contribution in [3.63, 3.8) is 0 Å². The number of aromatic nitrogens is 4. The number of carbonyl (C=O) groups is 1. The molecule has 0 aliphatic heterocycles. The van der Waals surface area contributed by atoms with Gasteiger partial charge in [-0.1, -0.05) is 6.07 Å². The molecular formula is C17H20N6O3S. The highest BCUT2D eigenvalue weighted by molar-refractivity contribution is 7.89. The molecule has 0 unspecified atom stereocenters. The zero-order valence-electron chi connectivity index (χ0n) is 15.4. The lowest BCUT2D eigenvalue weighted by Gasteiger charge is -2.12. The highest BCUT2D eigenvalue weighted by Gasteiger charge is 2.17. The first-order valence-electron chi connectivity index (χ1n) is 8.23. The summed E-state index contributed by atoms with van der Waals surface area (Å²) in [6.45, 7) is 5.36. The summed E-state index contributed by atoms with van der Waals surface area (Å²) in [7, 11) is -2.26. The van der Waals surface area contributed by atoms with Crippen molar-refractivity contribution in [2.24, 2.45) is 0 Å². The standard InChI is InChI=1S/C17H20N6O3S/c1-10-5-6-13(7-15(10)27(25,26)18-4)22-16(24)8-14-11(2)21-17-19-9-20-23(17)12(14)3/h5-7,9,18H,8H2,1-4H3,(H,22,24). The van der Waals surface area contributed by atoms with Crippen LogP contribution < -0.4 is 10.0 Å². The molecule has 0 spiro atoms. The van der Waals surface area contributed by atoms with Gasteiger partial charge in [-0.3, -0.25) is 4.79 Å². The number of carbonyl (C=O) groups excluding carboxylic acids is 1. The maximum atomic E-state index is 12.5. The Morgan fingerprint density at radius 3 is 2.67 bits per heavy atom. The minimum absolute atomic E-state index is 0.0858. The molecule has 1 aromatic carbocycles. The van der Waals surface area contributed by atoms with E-state index in [4.69, 9.17) is 0 Å². The lowest BCUT2D eigenvalue weighted by atomic mass is 10.1. The molecule has 0 radical (unpaired) electrons. The van der Waals surface area contributed by atoms with E-state index < -0.39 is 10.0 Å². The molecule has 27 heavy (non-hydrogen) atoms. The minimum atomic E-state index is -3.61. The van der Waals surface area contributed by atoms with Crippen LogP contribution in [0.3, 0.4) is 0 Å². The Bertz CT molecular complexity index is 1140. The number of nitrogens with one attached hydrogen (secondary N) is 2. The van der Waals surface area contributed by atoms with E-state index in [0.717, 1.165) is 11.3 Å². The van der Waals surface area contributed by atoms with Gasteiger partial charge in [0.05, 0.1) is 11.3 Å². The number of fused-ring (bicyclic) bond motifs is 1. The van der Waals surface area contributed by atoms with Crippen LogP contribution in [-0.2, 0) is 21.2 Å². The van der Waals surface area contributed by atoms with Gasteiger partial charge in [0.1, 0.15) is 6.33 Å². The van der Waals surface area contributed by atoms with Gasteiger partial charge in [-0.15, -0.1) is 0 Å². The molecule has 0 saturated heterocycles. The Morgan fingerprint density at radius 2 is 1.96 bits per heavy atom. The van der Waals surface area contributed by atoms with Gasteiger partial charge in [0.25, 0.3) is 5.78 Å². The third-order valence-electron chi connectivity index (χ3n) is 4.36. The maximum Gasteiger partial charge on any atom is 0.252 e. The van der Waals surface area contributed by atoms with Gasteiger partial charge in [0.15, 0.2) is 0 Å². The Labute approximate surface area is 156 Å². The molecule has 2 N–H and O–H groups in total. The van der Waals surface area contributed by atoms with Crippen molar-refractivity contribution in [2.45, 2.75) is 32.1 Å². The molecule has 1 amide bonds. The van der Waals surface area contributed by atoms with Crippen LogP contribution in [0, 0.1) is 20.8 Å². The normalized spacial score (nSPS) is 11.7. The first-order valence-corrected chi connectivity index (χ1v) is 9.71. The van der Waals surface area contributed by atoms with Crippen molar-refractivity contribution in [3.8, 4) is 0 Å². The quantitative estimate of drug-likeness (QED) is 0.677. The van der Waals surface area contributed by atoms with Gasteiger partial charge in [-0.25, -0.2) is 22.6 Å². The van der Waals surface area contributed by atoms with E-state index >= 15 is 0 Å². The van der Waals surface area contributed by atoms with Gasteiger partial charge in [0, 0.05) is 22.6 Å². The average molecular weight is 388 g/mol. The third kappa shape index (κ3) is 3.67. The van der Waals surface area contributed by atoms with Gasteiger partial charge >= 0.3 is 0 Å². The molecule has 2 aromatic heterocycles. The van der Waals surface area contributed by atoms with Crippen LogP contribution in [0.2, 0.25) is 0 Å². The fraction of sp³-hybridized carbons (Fsp3) is 0.294. The van der Waals surface area contributed by atoms with Gasteiger partial charge < -0.3 is 5.32 Å². The molecule has 142 valence electrons. The lowest BCUT2D eigenvalue weighted by Crippen LogP contribution is -2.21. The number of amides is 1. The number of anilines is 1. The highest BCUT2D eigenvalue weighted by atomic mass is 32.2. The molecule has 3 aromatic rings. The van der Waals surface area contributed by atoms with Crippen molar-refractivity contribution >= 4 is 27.4 Å². The molecule has 3 rings (SSSR count). The summed E-state index contributed by atoms with van der Waals surface area (Å²) in [6, 6.07) is 4.76. The van der Waals surface area contributed by atoms with Crippen molar-refractivity contribution in [1.82, 2.24) is 24.3 Å². The Kier molecular flexibility index (Phi) is 4.94. The van der Waals surface area contributed by atoms with Gasteiger partial charge in [0.2, 0.25) is 15.9 Å². The fourth-order valence-corrected chi connectivity index (χ4v) is 3.85. The summed E-state index contributed by atoms with van der Waals surface area (Å²) in [6.07, 6.45) is 1.50. The van der Waals surface area contributed by atoms with Crippen LogP contribution in [0.4, 0.5) is 5.69 Å². The zero-order chi connectivity index (χ0) is 19.8. The number of sulfonamides is 1. The zero-order valence-corrected chi connectivity index (χ0v) is 16.3. The monoisotopic (exact) mass is 388 g/mol. The van der Waals surface area contributed by atoms with E-state index in [9.17, 15) is 13.2 Å². The fourth-order valence-electron chi connectivity index (χ4n) is 2.85. The number of hydrogen-bond donors (Lipinski definition) is 2. The Morgan fingerprint density at radius 1 is 1.22 bits per heavy atom. The number of aryl methyl sites for hydroxylation is 3. The van der Waals surface area contributed by atoms with E-state index in [1.165, 1.54) is 19.4 Å². The minimum Gasteiger partial charge on any atom is -0.326 e. The third-order valence-corrected chi connectivity index (χ3v) is 5.91. The van der Waals surface area contributed by atoms with E-state index in [-0.39, 0.29) is 17.2 Å². The first-order chi connectivity index (χ1) is 12.7. The molecular weight excluding hydrogens is 368 g/mol. The molecule has 0 bridgehead atoms. The Hall–Kier alpha value is -2.85. The summed E-state index contributed by atoms with van der Waals surface area (Å²) < 4.78 is 28.0. The summed E-state index contributed by atoms with van der Waals surface area (Å²) in [5.74, 6) is 0.203. The predicted molar refractivity (Wildman–Crippen MR) is 100 cm³/mol. The second-order valence-electron chi connectivity index (χ2n) is 6.15. The predicted octanol–water partition coefficient (Wildman–Crippen LogP) is 1.14. The number of benzene rings is 1. The molecule has 10 heteroatoms. The summed E-state index contributed by atoms with van der Waals surface area (Å²) in [4.78, 5) is 21.1. The molecule has 9 nitrogen and oxygen atoms in total. The number of rotatable bonds is 5. The van der Waals surface area contributed by atoms with Crippen LogP contribution >= 0.6 is 0 Å². The Balaban J connectivity index is 1.86. The summed E-state index contributed by atoms with van der Waals surface area (Å²) >= 11 is 0. The first kappa shape index (κ1) is 18.9. The second-order valence-corrected chi connectivity index (χ2v) is 8.00. The SMILES string of the molecule is CNS(=O)(=O)c1cc(NC(=O)Cc2c(C)nc3ncnn3c2C)ccc1C. The molecule has 2 heterocycles. The largest absolute Gasteiger partial charge is 0.326 e. The lowest BCUT2D eigenvalue weighted by molar-refractivity contribution is -0.115. The van der Waals surface area contributed by atoms with Crippen molar-refractivity contribution in [1.29, 1.82) is 0 Å². The number of nitrogens with zero attached hydrogens (tertiary/aromatic N) is 4. The van der Waals surface area contributed by atoms with Crippen LogP contribution in [0.1, 0.15) is 22.5 Å². The molecule has 0 saturated carbocycles. The molecule has 0 atom stereocenters. The van der Waals surface area contributed by atoms with E-state index in [1.807, 2.05) is 13.8 Å². The summed E-state index contributed by atoms with van der Waals surface area (Å²) in [5.41, 5.74) is 3.23. The van der Waals surface area contributed by atoms with Crippen LogP contribution in [-0.4, -0.2) is 41.0 Å². The van der Waals surface area contributed by atoms with Crippen LogP contribution in [0.15, 0.2) is 29.4 Å². The van der Waals surface area contributed by atoms with E-state index in [0.29, 0.717) is 22.7 Å². The smallest absolute Gasteiger partial charge is 0.252 e. The number of hydrogen-bond acceptors (Lipinski definition) is 6.